The minimum atomic E-state index is 0.273. The van der Waals surface area contributed by atoms with E-state index in [1.165, 1.54) is 17.7 Å². The molecule has 1 saturated heterocycles. The van der Waals surface area contributed by atoms with Gasteiger partial charge < -0.3 is 19.8 Å². The van der Waals surface area contributed by atoms with Crippen LogP contribution in [-0.2, 0) is 11.2 Å². The number of furan rings is 1. The first-order valence-corrected chi connectivity index (χ1v) is 10.6. The molecule has 0 aliphatic carbocycles. The van der Waals surface area contributed by atoms with Crippen molar-refractivity contribution < 1.29 is 9.15 Å². The molecule has 0 spiro atoms. The van der Waals surface area contributed by atoms with Gasteiger partial charge in [0.25, 0.3) is 0 Å². The molecule has 3 rings (SSSR count). The molecule has 148 valence electrons. The van der Waals surface area contributed by atoms with Crippen molar-refractivity contribution in [1.29, 1.82) is 0 Å². The van der Waals surface area contributed by atoms with Gasteiger partial charge in [0.2, 0.25) is 0 Å². The topological polar surface area (TPSA) is 71.7 Å². The maximum atomic E-state index is 5.82. The molecule has 2 unspecified atom stereocenters. The van der Waals surface area contributed by atoms with Crippen LogP contribution in [0.15, 0.2) is 34.0 Å². The van der Waals surface area contributed by atoms with Gasteiger partial charge in [0.1, 0.15) is 5.76 Å². The van der Waals surface area contributed by atoms with Crippen LogP contribution in [0.3, 0.4) is 0 Å². The number of hydrogen-bond acceptors (Lipinski definition) is 5. The minimum absolute atomic E-state index is 0.273. The quantitative estimate of drug-likeness (QED) is 0.533. The first-order chi connectivity index (χ1) is 13.2. The average molecular weight is 391 g/mol. The molecule has 2 aromatic rings. The lowest BCUT2D eigenvalue weighted by molar-refractivity contribution is 0.0194. The molecule has 2 aromatic heterocycles. The highest BCUT2D eigenvalue weighted by Gasteiger charge is 2.15. The summed E-state index contributed by atoms with van der Waals surface area (Å²) >= 11 is 1.75. The Morgan fingerprint density at radius 2 is 2.33 bits per heavy atom. The maximum Gasteiger partial charge on any atom is 0.191 e. The molecule has 1 fully saturated rings. The third-order valence-corrected chi connectivity index (χ3v) is 5.74. The molecule has 27 heavy (non-hydrogen) atoms. The second-order valence-corrected chi connectivity index (χ2v) is 8.29. The van der Waals surface area contributed by atoms with Crippen molar-refractivity contribution in [2.75, 3.05) is 26.2 Å². The fraction of sp³-hybridized carbons (Fsp3) is 0.600. The van der Waals surface area contributed by atoms with E-state index in [9.17, 15) is 0 Å². The second kappa shape index (κ2) is 10.5. The summed E-state index contributed by atoms with van der Waals surface area (Å²) in [7, 11) is 0. The predicted octanol–water partition coefficient (Wildman–Crippen LogP) is 3.50. The van der Waals surface area contributed by atoms with Gasteiger partial charge in [-0.1, -0.05) is 6.92 Å². The number of ether oxygens (including phenoxy) is 1. The van der Waals surface area contributed by atoms with Crippen molar-refractivity contribution >= 4 is 17.3 Å². The first kappa shape index (κ1) is 19.9. The number of thiazole rings is 1. The van der Waals surface area contributed by atoms with Gasteiger partial charge in [-0.2, -0.15) is 0 Å². The van der Waals surface area contributed by atoms with Gasteiger partial charge in [-0.15, -0.1) is 11.3 Å². The van der Waals surface area contributed by atoms with Crippen molar-refractivity contribution in [2.45, 2.75) is 51.6 Å². The summed E-state index contributed by atoms with van der Waals surface area (Å²) in [4.78, 5) is 10.5. The Labute approximate surface area is 165 Å². The summed E-state index contributed by atoms with van der Waals surface area (Å²) in [5.74, 6) is 2.11. The van der Waals surface area contributed by atoms with E-state index in [-0.39, 0.29) is 6.10 Å². The Morgan fingerprint density at radius 1 is 1.41 bits per heavy atom. The summed E-state index contributed by atoms with van der Waals surface area (Å²) < 4.78 is 11.2. The number of guanidine groups is 1. The first-order valence-electron chi connectivity index (χ1n) is 9.79. The highest BCUT2D eigenvalue weighted by Crippen LogP contribution is 2.21. The molecule has 6 nitrogen and oxygen atoms in total. The molecule has 3 heterocycles. The number of aliphatic imine (C=N–C) groups is 1. The Bertz CT molecular complexity index is 693. The van der Waals surface area contributed by atoms with Gasteiger partial charge in [-0.3, -0.25) is 4.99 Å². The van der Waals surface area contributed by atoms with E-state index in [0.717, 1.165) is 49.3 Å². The lowest BCUT2D eigenvalue weighted by Crippen LogP contribution is -2.43. The molecular weight excluding hydrogens is 360 g/mol. The van der Waals surface area contributed by atoms with Crippen molar-refractivity contribution in [3.8, 4) is 0 Å². The van der Waals surface area contributed by atoms with Crippen LogP contribution in [-0.4, -0.2) is 43.3 Å². The van der Waals surface area contributed by atoms with Crippen LogP contribution in [0.1, 0.15) is 47.7 Å². The van der Waals surface area contributed by atoms with E-state index >= 15 is 0 Å². The van der Waals surface area contributed by atoms with Crippen molar-refractivity contribution in [2.24, 2.45) is 4.99 Å². The highest BCUT2D eigenvalue weighted by atomic mass is 32.1. The summed E-state index contributed by atoms with van der Waals surface area (Å²) in [6.45, 7) is 7.39. The molecule has 0 bridgehead atoms. The molecule has 0 radical (unpaired) electrons. The predicted molar refractivity (Wildman–Crippen MR) is 110 cm³/mol. The Balaban J connectivity index is 1.53. The lowest BCUT2D eigenvalue weighted by Gasteiger charge is -2.24. The molecule has 0 amide bonds. The molecule has 7 heteroatoms. The fourth-order valence-electron chi connectivity index (χ4n) is 3.02. The number of hydrogen-bond donors (Lipinski definition) is 2. The second-order valence-electron chi connectivity index (χ2n) is 7.03. The number of nitrogens with zero attached hydrogens (tertiary/aromatic N) is 2. The van der Waals surface area contributed by atoms with E-state index in [1.807, 2.05) is 18.3 Å². The van der Waals surface area contributed by atoms with Crippen LogP contribution >= 0.6 is 11.3 Å². The summed E-state index contributed by atoms with van der Waals surface area (Å²) in [6.07, 6.45) is 8.27. The molecule has 0 saturated carbocycles. The van der Waals surface area contributed by atoms with Crippen LogP contribution in [0, 0.1) is 6.92 Å². The average Bonchev–Trinajstić information content (AvgIpc) is 3.36. The maximum absolute atomic E-state index is 5.82. The van der Waals surface area contributed by atoms with Crippen molar-refractivity contribution in [1.82, 2.24) is 15.6 Å². The SMILES string of the molecule is Cc1cnc(C(C)CN=C(NCCc2ccco2)NCC2CCCCO2)s1. The number of aryl methyl sites for hydroxylation is 1. The minimum Gasteiger partial charge on any atom is -0.469 e. The zero-order valence-corrected chi connectivity index (χ0v) is 17.1. The van der Waals surface area contributed by atoms with E-state index in [1.54, 1.807) is 17.6 Å². The third kappa shape index (κ3) is 6.66. The van der Waals surface area contributed by atoms with Crippen LogP contribution in [0.25, 0.3) is 0 Å². The molecule has 2 N–H and O–H groups in total. The van der Waals surface area contributed by atoms with E-state index in [4.69, 9.17) is 14.1 Å². The van der Waals surface area contributed by atoms with E-state index < -0.39 is 0 Å². The Hall–Kier alpha value is -1.86. The van der Waals surface area contributed by atoms with Gasteiger partial charge in [0, 0.05) is 43.1 Å². The van der Waals surface area contributed by atoms with Crippen molar-refractivity contribution in [3.05, 3.63) is 40.2 Å². The van der Waals surface area contributed by atoms with Gasteiger partial charge in [-0.05, 0) is 38.3 Å². The highest BCUT2D eigenvalue weighted by molar-refractivity contribution is 7.11. The van der Waals surface area contributed by atoms with Gasteiger partial charge >= 0.3 is 0 Å². The van der Waals surface area contributed by atoms with Gasteiger partial charge in [-0.25, -0.2) is 4.98 Å². The van der Waals surface area contributed by atoms with E-state index in [2.05, 4.69) is 29.5 Å². The van der Waals surface area contributed by atoms with Crippen LogP contribution in [0.5, 0.6) is 0 Å². The number of rotatable bonds is 8. The molecule has 0 aromatic carbocycles. The largest absolute Gasteiger partial charge is 0.469 e. The monoisotopic (exact) mass is 390 g/mol. The van der Waals surface area contributed by atoms with Crippen LogP contribution in [0.2, 0.25) is 0 Å². The molecule has 1 aliphatic heterocycles. The van der Waals surface area contributed by atoms with Crippen molar-refractivity contribution in [3.63, 3.8) is 0 Å². The molecule has 1 aliphatic rings. The van der Waals surface area contributed by atoms with Gasteiger partial charge in [0.15, 0.2) is 5.96 Å². The summed E-state index contributed by atoms with van der Waals surface area (Å²) in [6, 6.07) is 3.91. The zero-order valence-electron chi connectivity index (χ0n) is 16.2. The van der Waals surface area contributed by atoms with E-state index in [0.29, 0.717) is 12.5 Å². The van der Waals surface area contributed by atoms with Crippen LogP contribution < -0.4 is 10.6 Å². The fourth-order valence-corrected chi connectivity index (χ4v) is 3.83. The standard InChI is InChI=1S/C20H30N4O2S/c1-15(19-22-13-16(2)27-19)12-23-20(21-9-8-17-7-5-11-25-17)24-14-18-6-3-4-10-26-18/h5,7,11,13,15,18H,3-4,6,8-10,12,14H2,1-2H3,(H2,21,23,24). The number of nitrogens with one attached hydrogen (secondary N) is 2. The molecule has 2 atom stereocenters. The van der Waals surface area contributed by atoms with Gasteiger partial charge in [0.05, 0.1) is 23.9 Å². The van der Waals surface area contributed by atoms with Crippen LogP contribution in [0.4, 0.5) is 0 Å². The lowest BCUT2D eigenvalue weighted by atomic mass is 10.1. The Kier molecular flexibility index (Phi) is 7.71. The summed E-state index contributed by atoms with van der Waals surface area (Å²) in [5.41, 5.74) is 0. The number of aromatic nitrogens is 1. The molecular formula is C20H30N4O2S. The normalized spacial score (nSPS) is 19.0. The Morgan fingerprint density at radius 3 is 3.04 bits per heavy atom. The third-order valence-electron chi connectivity index (χ3n) is 4.60. The smallest absolute Gasteiger partial charge is 0.191 e. The zero-order chi connectivity index (χ0) is 18.9. The summed E-state index contributed by atoms with van der Waals surface area (Å²) in [5, 5.41) is 8.00.